The Bertz CT molecular complexity index is 1130. The number of rotatable bonds is 6. The van der Waals surface area contributed by atoms with E-state index in [0.717, 1.165) is 16.2 Å². The highest BCUT2D eigenvalue weighted by Crippen LogP contribution is 2.40. The van der Waals surface area contributed by atoms with Gasteiger partial charge in [-0.3, -0.25) is 9.52 Å². The lowest BCUT2D eigenvalue weighted by molar-refractivity contribution is -0.137. The first-order valence-electron chi connectivity index (χ1n) is 8.04. The van der Waals surface area contributed by atoms with Crippen LogP contribution in [0.15, 0.2) is 68.9 Å². The number of fused-ring (bicyclic) bond motifs is 1. The molecule has 2 N–H and O–H groups in total. The van der Waals surface area contributed by atoms with Crippen molar-refractivity contribution in [2.24, 2.45) is 0 Å². The quantitative estimate of drug-likeness (QED) is 0.308. The van der Waals surface area contributed by atoms with Crippen molar-refractivity contribution in [3.63, 3.8) is 0 Å². The molecule has 0 spiro atoms. The molecule has 146 valence electrons. The first-order valence-corrected chi connectivity index (χ1v) is 11.3. The van der Waals surface area contributed by atoms with Crippen molar-refractivity contribution in [3.05, 3.63) is 59.1 Å². The van der Waals surface area contributed by atoms with Gasteiger partial charge in [0, 0.05) is 15.2 Å². The molecular weight excluding hydrogens is 466 g/mol. The van der Waals surface area contributed by atoms with E-state index < -0.39 is 16.0 Å². The molecule has 0 radical (unpaired) electrons. The fourth-order valence-electron chi connectivity index (χ4n) is 2.54. The summed E-state index contributed by atoms with van der Waals surface area (Å²) in [4.78, 5) is 11.9. The number of phenolic OH excluding ortho intramolecular Hbond substituents is 1. The van der Waals surface area contributed by atoms with Gasteiger partial charge in [-0.05, 0) is 30.3 Å². The van der Waals surface area contributed by atoms with Crippen LogP contribution in [0.1, 0.15) is 0 Å². The lowest BCUT2D eigenvalue weighted by Gasteiger charge is -2.15. The maximum atomic E-state index is 12.8. The lowest BCUT2D eigenvalue weighted by Crippen LogP contribution is -2.13. The summed E-state index contributed by atoms with van der Waals surface area (Å²) >= 11 is 4.35. The zero-order valence-corrected chi connectivity index (χ0v) is 17.9. The van der Waals surface area contributed by atoms with E-state index in [2.05, 4.69) is 25.4 Å². The molecule has 0 bridgehead atoms. The summed E-state index contributed by atoms with van der Waals surface area (Å²) < 4.78 is 33.6. The summed E-state index contributed by atoms with van der Waals surface area (Å²) in [6.45, 7) is 0. The number of anilines is 1. The van der Waals surface area contributed by atoms with Crippen LogP contribution in [0, 0.1) is 0 Å². The van der Waals surface area contributed by atoms with E-state index in [4.69, 9.17) is 0 Å². The van der Waals surface area contributed by atoms with Crippen molar-refractivity contribution >= 4 is 60.1 Å². The highest BCUT2D eigenvalue weighted by atomic mass is 79.9. The molecule has 3 aromatic carbocycles. The molecule has 28 heavy (non-hydrogen) atoms. The Morgan fingerprint density at radius 3 is 2.43 bits per heavy atom. The smallest absolute Gasteiger partial charge is 0.315 e. The number of methoxy groups -OCH3 is 1. The van der Waals surface area contributed by atoms with Gasteiger partial charge in [0.05, 0.1) is 28.3 Å². The summed E-state index contributed by atoms with van der Waals surface area (Å²) in [6, 6.07) is 14.7. The Morgan fingerprint density at radius 2 is 1.79 bits per heavy atom. The third-order valence-electron chi connectivity index (χ3n) is 3.92. The van der Waals surface area contributed by atoms with Crippen LogP contribution < -0.4 is 4.72 Å². The number of ether oxygens (including phenoxy) is 1. The lowest BCUT2D eigenvalue weighted by atomic mass is 10.1. The largest absolute Gasteiger partial charge is 0.506 e. The number of aromatic hydroxyl groups is 1. The normalized spacial score (nSPS) is 11.4. The Balaban J connectivity index is 2.05. The molecule has 6 nitrogen and oxygen atoms in total. The maximum Gasteiger partial charge on any atom is 0.315 e. The number of carbonyl (C=O) groups is 1. The number of hydrogen-bond donors (Lipinski definition) is 2. The zero-order valence-electron chi connectivity index (χ0n) is 14.7. The molecule has 0 aromatic heterocycles. The molecule has 0 unspecified atom stereocenters. The highest BCUT2D eigenvalue weighted by Gasteiger charge is 2.19. The molecule has 0 saturated carbocycles. The van der Waals surface area contributed by atoms with Crippen LogP contribution in [-0.2, 0) is 19.6 Å². The molecule has 0 heterocycles. The summed E-state index contributed by atoms with van der Waals surface area (Å²) in [7, 11) is -2.56. The van der Waals surface area contributed by atoms with Gasteiger partial charge in [-0.1, -0.05) is 40.2 Å². The predicted octanol–water partition coefficient (Wildman–Crippen LogP) is 4.37. The van der Waals surface area contributed by atoms with Crippen molar-refractivity contribution in [2.45, 2.75) is 9.79 Å². The molecule has 0 amide bonds. The molecule has 3 aromatic rings. The average Bonchev–Trinajstić information content (AvgIpc) is 2.69. The number of nitrogens with one attached hydrogen (secondary N) is 1. The van der Waals surface area contributed by atoms with Crippen LogP contribution in [-0.4, -0.2) is 32.4 Å². The van der Waals surface area contributed by atoms with E-state index in [0.29, 0.717) is 21.4 Å². The van der Waals surface area contributed by atoms with Gasteiger partial charge in [0.2, 0.25) is 0 Å². The molecule has 0 aliphatic rings. The van der Waals surface area contributed by atoms with Gasteiger partial charge in [0.15, 0.2) is 0 Å². The number of benzene rings is 3. The Kier molecular flexibility index (Phi) is 6.17. The Hall–Kier alpha value is -2.23. The van der Waals surface area contributed by atoms with Crippen LogP contribution in [0.3, 0.4) is 0 Å². The minimum absolute atomic E-state index is 0.0126. The highest BCUT2D eigenvalue weighted by molar-refractivity contribution is 9.10. The van der Waals surface area contributed by atoms with Crippen molar-refractivity contribution < 1.29 is 23.1 Å². The topological polar surface area (TPSA) is 92.7 Å². The summed E-state index contributed by atoms with van der Waals surface area (Å²) in [5.74, 6) is -0.480. The number of phenols is 1. The third kappa shape index (κ3) is 4.43. The van der Waals surface area contributed by atoms with Crippen LogP contribution in [0.4, 0.5) is 5.69 Å². The first kappa shape index (κ1) is 20.5. The van der Waals surface area contributed by atoms with E-state index in [1.807, 2.05) is 0 Å². The molecule has 0 fully saturated rings. The monoisotopic (exact) mass is 481 g/mol. The fraction of sp³-hybridized carbons (Fsp3) is 0.105. The summed E-state index contributed by atoms with van der Waals surface area (Å²) in [5.41, 5.74) is 0.309. The Labute approximate surface area is 175 Å². The van der Waals surface area contributed by atoms with Crippen molar-refractivity contribution in [3.8, 4) is 5.75 Å². The van der Waals surface area contributed by atoms with E-state index in [1.165, 1.54) is 25.3 Å². The van der Waals surface area contributed by atoms with Gasteiger partial charge >= 0.3 is 5.97 Å². The summed E-state index contributed by atoms with van der Waals surface area (Å²) in [5, 5.41) is 11.6. The van der Waals surface area contributed by atoms with Crippen molar-refractivity contribution in [2.75, 3.05) is 17.6 Å². The van der Waals surface area contributed by atoms with Crippen molar-refractivity contribution in [1.82, 2.24) is 0 Å². The molecule has 0 atom stereocenters. The fourth-order valence-corrected chi connectivity index (χ4v) is 4.72. The third-order valence-corrected chi connectivity index (χ3v) is 6.83. The predicted molar refractivity (Wildman–Crippen MR) is 113 cm³/mol. The van der Waals surface area contributed by atoms with Gasteiger partial charge < -0.3 is 9.84 Å². The van der Waals surface area contributed by atoms with E-state index >= 15 is 0 Å². The van der Waals surface area contributed by atoms with Gasteiger partial charge in [0.1, 0.15) is 5.75 Å². The standard InChI is InChI=1S/C19H16BrNO5S2/c1-26-18(22)11-27-17-10-16(14-4-2-3-5-15(14)19(17)23)21-28(24,25)13-8-6-12(20)7-9-13/h2-10,21,23H,11H2,1H3. The number of sulfonamides is 1. The molecule has 0 aliphatic carbocycles. The average molecular weight is 482 g/mol. The number of carbonyl (C=O) groups excluding carboxylic acids is 1. The van der Waals surface area contributed by atoms with Crippen LogP contribution in [0.5, 0.6) is 5.75 Å². The molecular formula is C19H16BrNO5S2. The first-order chi connectivity index (χ1) is 13.3. The van der Waals surface area contributed by atoms with E-state index in [-0.39, 0.29) is 16.4 Å². The van der Waals surface area contributed by atoms with Crippen LogP contribution in [0.25, 0.3) is 10.8 Å². The summed E-state index contributed by atoms with van der Waals surface area (Å²) in [6.07, 6.45) is 0. The van der Waals surface area contributed by atoms with Gasteiger partial charge in [-0.15, -0.1) is 11.8 Å². The van der Waals surface area contributed by atoms with Gasteiger partial charge in [-0.2, -0.15) is 0 Å². The molecule has 0 saturated heterocycles. The molecule has 3 rings (SSSR count). The minimum Gasteiger partial charge on any atom is -0.506 e. The van der Waals surface area contributed by atoms with E-state index in [9.17, 15) is 18.3 Å². The van der Waals surface area contributed by atoms with E-state index in [1.54, 1.807) is 36.4 Å². The SMILES string of the molecule is COC(=O)CSc1cc(NS(=O)(=O)c2ccc(Br)cc2)c2ccccc2c1O. The second kappa shape index (κ2) is 8.42. The molecule has 0 aliphatic heterocycles. The number of halogens is 1. The zero-order chi connectivity index (χ0) is 20.3. The number of hydrogen-bond acceptors (Lipinski definition) is 6. The number of thioether (sulfide) groups is 1. The minimum atomic E-state index is -3.84. The van der Waals surface area contributed by atoms with Gasteiger partial charge in [0.25, 0.3) is 10.0 Å². The van der Waals surface area contributed by atoms with Crippen LogP contribution >= 0.6 is 27.7 Å². The number of esters is 1. The van der Waals surface area contributed by atoms with Crippen molar-refractivity contribution in [1.29, 1.82) is 0 Å². The molecule has 9 heteroatoms. The Morgan fingerprint density at radius 1 is 1.14 bits per heavy atom. The second-order valence-corrected chi connectivity index (χ2v) is 9.36. The van der Waals surface area contributed by atoms with Gasteiger partial charge in [-0.25, -0.2) is 8.42 Å². The maximum absolute atomic E-state index is 12.8. The second-order valence-electron chi connectivity index (χ2n) is 5.74. The van der Waals surface area contributed by atoms with Crippen LogP contribution in [0.2, 0.25) is 0 Å².